The Morgan fingerprint density at radius 2 is 2.12 bits per heavy atom. The molecular formula is C13H13NO2. The van der Waals surface area contributed by atoms with Gasteiger partial charge in [0.1, 0.15) is 0 Å². The largest absolute Gasteiger partial charge is 0.481 e. The van der Waals surface area contributed by atoms with Crippen LogP contribution in [0, 0.1) is 13.8 Å². The van der Waals surface area contributed by atoms with E-state index in [1.54, 1.807) is 6.20 Å². The van der Waals surface area contributed by atoms with Gasteiger partial charge < -0.3 is 5.11 Å². The fraction of sp³-hybridized carbons (Fsp3) is 0.231. The highest BCUT2D eigenvalue weighted by Crippen LogP contribution is 2.23. The van der Waals surface area contributed by atoms with E-state index in [-0.39, 0.29) is 6.42 Å². The lowest BCUT2D eigenvalue weighted by atomic mass is 10.0. The van der Waals surface area contributed by atoms with Gasteiger partial charge in [0.15, 0.2) is 0 Å². The lowest BCUT2D eigenvalue weighted by molar-refractivity contribution is -0.136. The highest BCUT2D eigenvalue weighted by Gasteiger charge is 2.09. The third-order valence-electron chi connectivity index (χ3n) is 2.60. The summed E-state index contributed by atoms with van der Waals surface area (Å²) in [6.45, 7) is 4.02. The molecule has 0 saturated heterocycles. The molecule has 1 N–H and O–H groups in total. The van der Waals surface area contributed by atoms with Gasteiger partial charge in [-0.15, -0.1) is 0 Å². The Kier molecular flexibility index (Phi) is 2.60. The van der Waals surface area contributed by atoms with Gasteiger partial charge in [-0.05, 0) is 30.9 Å². The van der Waals surface area contributed by atoms with E-state index in [9.17, 15) is 4.79 Å². The van der Waals surface area contributed by atoms with Crippen molar-refractivity contribution >= 4 is 16.7 Å². The molecule has 2 rings (SSSR count). The summed E-state index contributed by atoms with van der Waals surface area (Å²) in [5.74, 6) is -0.847. The van der Waals surface area contributed by atoms with Crippen molar-refractivity contribution in [3.63, 3.8) is 0 Å². The van der Waals surface area contributed by atoms with Crippen LogP contribution in [0.2, 0.25) is 0 Å². The summed E-state index contributed by atoms with van der Waals surface area (Å²) in [5.41, 5.74) is 2.90. The molecule has 3 nitrogen and oxygen atoms in total. The molecule has 3 heteroatoms. The maximum absolute atomic E-state index is 10.8. The molecule has 0 amide bonds. The van der Waals surface area contributed by atoms with Gasteiger partial charge in [0, 0.05) is 11.6 Å². The van der Waals surface area contributed by atoms with E-state index in [0.29, 0.717) is 5.69 Å². The lowest BCUT2D eigenvalue weighted by Gasteiger charge is -2.08. The second kappa shape index (κ2) is 3.93. The second-order valence-corrected chi connectivity index (χ2v) is 4.01. The number of aliphatic carboxylic acids is 1. The minimum absolute atomic E-state index is 0.0265. The van der Waals surface area contributed by atoms with Gasteiger partial charge in [-0.25, -0.2) is 0 Å². The summed E-state index contributed by atoms with van der Waals surface area (Å²) in [5, 5.41) is 10.9. The van der Waals surface area contributed by atoms with Crippen LogP contribution in [0.5, 0.6) is 0 Å². The van der Waals surface area contributed by atoms with Crippen LogP contribution in [0.3, 0.4) is 0 Å². The zero-order chi connectivity index (χ0) is 11.7. The highest BCUT2D eigenvalue weighted by molar-refractivity contribution is 5.90. The summed E-state index contributed by atoms with van der Waals surface area (Å²) in [7, 11) is 0. The van der Waals surface area contributed by atoms with Gasteiger partial charge in [-0.3, -0.25) is 9.78 Å². The van der Waals surface area contributed by atoms with Crippen LogP contribution < -0.4 is 0 Å². The van der Waals surface area contributed by atoms with Crippen molar-refractivity contribution in [1.82, 2.24) is 4.98 Å². The average molecular weight is 215 g/mol. The average Bonchev–Trinajstić information content (AvgIpc) is 2.15. The number of hydrogen-bond donors (Lipinski definition) is 1. The number of nitrogens with zero attached hydrogens (tertiary/aromatic N) is 1. The predicted molar refractivity (Wildman–Crippen MR) is 62.6 cm³/mol. The Hall–Kier alpha value is -1.90. The Labute approximate surface area is 93.7 Å². The SMILES string of the molecule is Cc1cc(C)c2c(CC(=O)O)nccc2c1. The summed E-state index contributed by atoms with van der Waals surface area (Å²) >= 11 is 0. The molecule has 0 bridgehead atoms. The molecule has 0 unspecified atom stereocenters. The minimum atomic E-state index is -0.847. The van der Waals surface area contributed by atoms with Crippen molar-refractivity contribution in [1.29, 1.82) is 0 Å². The minimum Gasteiger partial charge on any atom is -0.481 e. The number of fused-ring (bicyclic) bond motifs is 1. The Balaban J connectivity index is 2.71. The van der Waals surface area contributed by atoms with Gasteiger partial charge in [-0.1, -0.05) is 17.7 Å². The highest BCUT2D eigenvalue weighted by atomic mass is 16.4. The summed E-state index contributed by atoms with van der Waals surface area (Å²) in [6, 6.07) is 6.02. The number of pyridine rings is 1. The van der Waals surface area contributed by atoms with Crippen LogP contribution in [-0.4, -0.2) is 16.1 Å². The molecule has 82 valence electrons. The molecule has 0 spiro atoms. The molecular weight excluding hydrogens is 202 g/mol. The van der Waals surface area contributed by atoms with Gasteiger partial charge in [0.25, 0.3) is 0 Å². The van der Waals surface area contributed by atoms with Crippen LogP contribution in [0.1, 0.15) is 16.8 Å². The molecule has 1 aromatic heterocycles. The predicted octanol–water partition coefficient (Wildman–Crippen LogP) is 2.48. The number of rotatable bonds is 2. The number of aromatic nitrogens is 1. The molecule has 1 heterocycles. The summed E-state index contributed by atoms with van der Waals surface area (Å²) in [6.07, 6.45) is 1.64. The zero-order valence-electron chi connectivity index (χ0n) is 9.32. The molecule has 2 aromatic rings. The van der Waals surface area contributed by atoms with E-state index in [2.05, 4.69) is 17.1 Å². The van der Waals surface area contributed by atoms with Crippen molar-refractivity contribution in [2.45, 2.75) is 20.3 Å². The molecule has 0 fully saturated rings. The maximum atomic E-state index is 10.8. The lowest BCUT2D eigenvalue weighted by Crippen LogP contribution is -2.03. The van der Waals surface area contributed by atoms with Gasteiger partial charge in [0.05, 0.1) is 12.1 Å². The number of carboxylic acid groups (broad SMARTS) is 1. The number of aryl methyl sites for hydroxylation is 2. The first-order valence-corrected chi connectivity index (χ1v) is 5.14. The van der Waals surface area contributed by atoms with Gasteiger partial charge in [-0.2, -0.15) is 0 Å². The topological polar surface area (TPSA) is 50.2 Å². The number of carboxylic acids is 1. The summed E-state index contributed by atoms with van der Waals surface area (Å²) in [4.78, 5) is 14.9. The molecule has 0 aliphatic rings. The Morgan fingerprint density at radius 1 is 1.38 bits per heavy atom. The first-order valence-electron chi connectivity index (χ1n) is 5.14. The normalized spacial score (nSPS) is 10.6. The maximum Gasteiger partial charge on any atom is 0.309 e. The fourth-order valence-corrected chi connectivity index (χ4v) is 2.08. The van der Waals surface area contributed by atoms with E-state index < -0.39 is 5.97 Å². The van der Waals surface area contributed by atoms with Crippen molar-refractivity contribution in [3.05, 3.63) is 41.2 Å². The van der Waals surface area contributed by atoms with Crippen LogP contribution in [-0.2, 0) is 11.2 Å². The van der Waals surface area contributed by atoms with Crippen LogP contribution in [0.25, 0.3) is 10.8 Å². The van der Waals surface area contributed by atoms with Crippen LogP contribution in [0.15, 0.2) is 24.4 Å². The third kappa shape index (κ3) is 1.89. The number of carbonyl (C=O) groups is 1. The molecule has 0 radical (unpaired) electrons. The fourth-order valence-electron chi connectivity index (χ4n) is 2.08. The standard InChI is InChI=1S/C13H13NO2/c1-8-5-9(2)13-10(6-8)3-4-14-11(13)7-12(15)16/h3-6H,7H2,1-2H3,(H,15,16). The van der Waals surface area contributed by atoms with E-state index in [1.165, 1.54) is 5.56 Å². The molecule has 0 aliphatic carbocycles. The monoisotopic (exact) mass is 215 g/mol. The first kappa shape index (κ1) is 10.6. The Bertz CT molecular complexity index is 561. The number of hydrogen-bond acceptors (Lipinski definition) is 2. The first-order chi connectivity index (χ1) is 7.58. The van der Waals surface area contributed by atoms with E-state index in [0.717, 1.165) is 16.3 Å². The molecule has 0 saturated carbocycles. The van der Waals surface area contributed by atoms with Crippen molar-refractivity contribution in [2.24, 2.45) is 0 Å². The van der Waals surface area contributed by atoms with Gasteiger partial charge >= 0.3 is 5.97 Å². The molecule has 16 heavy (non-hydrogen) atoms. The van der Waals surface area contributed by atoms with E-state index in [4.69, 9.17) is 5.11 Å². The summed E-state index contributed by atoms with van der Waals surface area (Å²) < 4.78 is 0. The number of benzene rings is 1. The van der Waals surface area contributed by atoms with E-state index in [1.807, 2.05) is 19.9 Å². The zero-order valence-corrected chi connectivity index (χ0v) is 9.32. The Morgan fingerprint density at radius 3 is 2.81 bits per heavy atom. The molecule has 1 aromatic carbocycles. The van der Waals surface area contributed by atoms with Crippen LogP contribution in [0.4, 0.5) is 0 Å². The third-order valence-corrected chi connectivity index (χ3v) is 2.60. The molecule has 0 atom stereocenters. The smallest absolute Gasteiger partial charge is 0.309 e. The quantitative estimate of drug-likeness (QED) is 0.837. The van der Waals surface area contributed by atoms with Crippen LogP contribution >= 0.6 is 0 Å². The van der Waals surface area contributed by atoms with Crippen molar-refractivity contribution in [2.75, 3.05) is 0 Å². The molecule has 0 aliphatic heterocycles. The van der Waals surface area contributed by atoms with E-state index >= 15 is 0 Å². The van der Waals surface area contributed by atoms with Crippen molar-refractivity contribution < 1.29 is 9.90 Å². The van der Waals surface area contributed by atoms with Crippen molar-refractivity contribution in [3.8, 4) is 0 Å². The second-order valence-electron chi connectivity index (χ2n) is 4.01. The van der Waals surface area contributed by atoms with Gasteiger partial charge in [0.2, 0.25) is 0 Å².